The zero-order valence-corrected chi connectivity index (χ0v) is 4.94. The smallest absolute Gasteiger partial charge is 0.287 e. The van der Waals surface area contributed by atoms with Gasteiger partial charge in [-0.25, -0.2) is 0 Å². The highest BCUT2D eigenvalue weighted by molar-refractivity contribution is 8.46. The SMILES string of the molecule is O=C(SO)SCl. The van der Waals surface area contributed by atoms with Crippen molar-refractivity contribution in [2.45, 2.75) is 0 Å². The van der Waals surface area contributed by atoms with E-state index in [9.17, 15) is 4.79 Å². The van der Waals surface area contributed by atoms with Crippen molar-refractivity contribution in [2.75, 3.05) is 0 Å². The summed E-state index contributed by atoms with van der Waals surface area (Å²) >= 11 is 0.117. The van der Waals surface area contributed by atoms with Crippen molar-refractivity contribution in [1.82, 2.24) is 0 Å². The average molecular weight is 145 g/mol. The van der Waals surface area contributed by atoms with E-state index < -0.39 is 4.45 Å². The van der Waals surface area contributed by atoms with Crippen LogP contribution >= 0.6 is 33.7 Å². The fourth-order valence-electron chi connectivity index (χ4n) is 0.0141. The summed E-state index contributed by atoms with van der Waals surface area (Å²) in [7, 11) is 5.31. The maximum Gasteiger partial charge on any atom is 0.287 e. The highest BCUT2D eigenvalue weighted by atomic mass is 35.7. The van der Waals surface area contributed by atoms with Crippen LogP contribution in [0.5, 0.6) is 0 Å². The first kappa shape index (κ1) is 6.62. The highest BCUT2D eigenvalue weighted by Crippen LogP contribution is 2.16. The second kappa shape index (κ2) is 3.80. The topological polar surface area (TPSA) is 37.3 Å². The summed E-state index contributed by atoms with van der Waals surface area (Å²) < 4.78 is 7.29. The van der Waals surface area contributed by atoms with Gasteiger partial charge < -0.3 is 4.55 Å². The second-order valence-electron chi connectivity index (χ2n) is 0.418. The van der Waals surface area contributed by atoms with Crippen LogP contribution in [0.2, 0.25) is 0 Å². The van der Waals surface area contributed by atoms with Crippen LogP contribution in [-0.4, -0.2) is 9.00 Å². The molecule has 0 heterocycles. The average Bonchev–Trinajstić information content (AvgIpc) is 1.65. The molecule has 0 saturated heterocycles. The first-order chi connectivity index (χ1) is 2.81. The Morgan fingerprint density at radius 1 is 1.83 bits per heavy atom. The molecule has 0 aliphatic carbocycles. The van der Waals surface area contributed by atoms with E-state index in [-0.39, 0.29) is 12.0 Å². The van der Waals surface area contributed by atoms with Gasteiger partial charge in [-0.15, -0.1) is 0 Å². The Labute approximate surface area is 48.0 Å². The van der Waals surface area contributed by atoms with E-state index in [4.69, 9.17) is 15.2 Å². The minimum atomic E-state index is -0.503. The molecule has 0 atom stereocenters. The molecule has 0 unspecified atom stereocenters. The maximum absolute atomic E-state index is 9.72. The second-order valence-corrected chi connectivity index (χ2v) is 2.22. The van der Waals surface area contributed by atoms with Crippen LogP contribution in [0.15, 0.2) is 0 Å². The third kappa shape index (κ3) is 2.84. The van der Waals surface area contributed by atoms with E-state index in [1.807, 2.05) is 0 Å². The van der Waals surface area contributed by atoms with Crippen molar-refractivity contribution in [2.24, 2.45) is 0 Å². The van der Waals surface area contributed by atoms with Crippen molar-refractivity contribution in [3.05, 3.63) is 0 Å². The molecule has 0 aromatic rings. The molecular formula is CHClO2S2. The molecule has 0 aliphatic heterocycles. The summed E-state index contributed by atoms with van der Waals surface area (Å²) in [5.41, 5.74) is 0. The molecule has 36 valence electrons. The Kier molecular flexibility index (Phi) is 4.19. The quantitative estimate of drug-likeness (QED) is 0.529. The zero-order chi connectivity index (χ0) is 4.99. The van der Waals surface area contributed by atoms with E-state index in [1.54, 1.807) is 0 Å². The molecule has 5 heteroatoms. The van der Waals surface area contributed by atoms with Gasteiger partial charge in [0, 0.05) is 11.0 Å². The maximum atomic E-state index is 9.72. The summed E-state index contributed by atoms with van der Waals surface area (Å²) in [6.45, 7) is 0. The molecule has 0 rings (SSSR count). The van der Waals surface area contributed by atoms with Gasteiger partial charge in [0.2, 0.25) is 0 Å². The van der Waals surface area contributed by atoms with E-state index in [0.29, 0.717) is 11.0 Å². The Morgan fingerprint density at radius 3 is 2.33 bits per heavy atom. The van der Waals surface area contributed by atoms with Crippen molar-refractivity contribution in [1.29, 1.82) is 0 Å². The van der Waals surface area contributed by atoms with Crippen molar-refractivity contribution in [3.63, 3.8) is 0 Å². The Morgan fingerprint density at radius 2 is 2.33 bits per heavy atom. The number of carbonyl (C=O) groups excluding carboxylic acids is 1. The summed E-state index contributed by atoms with van der Waals surface area (Å²) in [6.07, 6.45) is 0. The van der Waals surface area contributed by atoms with Crippen LogP contribution in [0.4, 0.5) is 4.79 Å². The fourth-order valence-corrected chi connectivity index (χ4v) is 0.380. The molecule has 0 aliphatic rings. The van der Waals surface area contributed by atoms with Crippen LogP contribution in [0, 0.1) is 0 Å². The summed E-state index contributed by atoms with van der Waals surface area (Å²) in [5, 5.41) is 0. The third-order valence-corrected chi connectivity index (χ3v) is 1.58. The minimum Gasteiger partial charge on any atom is -0.323 e. The van der Waals surface area contributed by atoms with Gasteiger partial charge in [0.25, 0.3) is 4.45 Å². The molecule has 0 saturated carbocycles. The van der Waals surface area contributed by atoms with Crippen LogP contribution < -0.4 is 0 Å². The summed E-state index contributed by atoms with van der Waals surface area (Å²) in [4.78, 5) is 9.72. The van der Waals surface area contributed by atoms with Gasteiger partial charge in [-0.1, -0.05) is 0 Å². The van der Waals surface area contributed by atoms with Gasteiger partial charge in [-0.2, -0.15) is 0 Å². The van der Waals surface area contributed by atoms with Crippen molar-refractivity contribution >= 4 is 38.1 Å². The van der Waals surface area contributed by atoms with Crippen LogP contribution in [0.3, 0.4) is 0 Å². The fraction of sp³-hybridized carbons (Fsp3) is 0. The summed E-state index contributed by atoms with van der Waals surface area (Å²) in [5.74, 6) is 0. The Balaban J connectivity index is 2.99. The van der Waals surface area contributed by atoms with Gasteiger partial charge in [0.05, 0.1) is 12.0 Å². The minimum absolute atomic E-state index is 0.117. The molecule has 1 N–H and O–H groups in total. The lowest BCUT2D eigenvalue weighted by atomic mass is 11.8. The molecule has 0 amide bonds. The lowest BCUT2D eigenvalue weighted by Crippen LogP contribution is -1.67. The normalized spacial score (nSPS) is 8.33. The molecule has 0 fully saturated rings. The predicted octanol–water partition coefficient (Wildman–Crippen LogP) is 2.20. The monoisotopic (exact) mass is 144 g/mol. The Bertz CT molecular complexity index is 49.5. The lowest BCUT2D eigenvalue weighted by molar-refractivity contribution is 0.276. The molecule has 6 heavy (non-hydrogen) atoms. The number of halogens is 1. The van der Waals surface area contributed by atoms with Crippen LogP contribution in [-0.2, 0) is 0 Å². The van der Waals surface area contributed by atoms with Crippen molar-refractivity contribution in [3.8, 4) is 0 Å². The van der Waals surface area contributed by atoms with E-state index in [2.05, 4.69) is 0 Å². The predicted molar refractivity (Wildman–Crippen MR) is 29.1 cm³/mol. The standard InChI is InChI=1S/CHClO2S2/c2-5-1(3)6-4/h4H. The van der Waals surface area contributed by atoms with Gasteiger partial charge in [0.1, 0.15) is 0 Å². The molecule has 0 radical (unpaired) electrons. The van der Waals surface area contributed by atoms with E-state index in [0.717, 1.165) is 0 Å². The lowest BCUT2D eigenvalue weighted by Gasteiger charge is -1.76. The van der Waals surface area contributed by atoms with Gasteiger partial charge in [0.15, 0.2) is 0 Å². The first-order valence-electron chi connectivity index (χ1n) is 0.949. The largest absolute Gasteiger partial charge is 0.323 e. The third-order valence-electron chi connectivity index (χ3n) is 0.138. The van der Waals surface area contributed by atoms with Gasteiger partial charge >= 0.3 is 0 Å². The summed E-state index contributed by atoms with van der Waals surface area (Å²) in [6, 6.07) is 0. The zero-order valence-electron chi connectivity index (χ0n) is 2.55. The molecule has 0 aromatic carbocycles. The number of hydrogen-bond acceptors (Lipinski definition) is 4. The molecular weight excluding hydrogens is 144 g/mol. The molecule has 0 aromatic heterocycles. The molecule has 0 bridgehead atoms. The number of hydrogen-bond donors (Lipinski definition) is 1. The highest BCUT2D eigenvalue weighted by Gasteiger charge is 1.94. The number of rotatable bonds is 0. The Hall–Kier alpha value is 0.620. The molecule has 2 nitrogen and oxygen atoms in total. The molecule has 0 spiro atoms. The van der Waals surface area contributed by atoms with E-state index >= 15 is 0 Å². The first-order valence-corrected chi connectivity index (χ1v) is 3.37. The number of carbonyl (C=O) groups is 1. The van der Waals surface area contributed by atoms with E-state index in [1.165, 1.54) is 0 Å². The van der Waals surface area contributed by atoms with Gasteiger partial charge in [-0.05, 0) is 10.7 Å². The van der Waals surface area contributed by atoms with Crippen molar-refractivity contribution < 1.29 is 9.35 Å². The van der Waals surface area contributed by atoms with Crippen LogP contribution in [0.25, 0.3) is 0 Å². The van der Waals surface area contributed by atoms with Gasteiger partial charge in [-0.3, -0.25) is 4.79 Å². The van der Waals surface area contributed by atoms with Crippen LogP contribution in [0.1, 0.15) is 0 Å².